The first kappa shape index (κ1) is 15.3. The number of hydrogen-bond donors (Lipinski definition) is 1. The van der Waals surface area contributed by atoms with Crippen molar-refractivity contribution < 1.29 is 18.7 Å². The van der Waals surface area contributed by atoms with Crippen LogP contribution < -0.4 is 5.32 Å². The van der Waals surface area contributed by atoms with E-state index in [-0.39, 0.29) is 24.3 Å². The summed E-state index contributed by atoms with van der Waals surface area (Å²) in [6, 6.07) is 10.4. The lowest BCUT2D eigenvalue weighted by Gasteiger charge is -2.15. The monoisotopic (exact) mass is 351 g/mol. The van der Waals surface area contributed by atoms with Gasteiger partial charge in [0.05, 0.1) is 12.3 Å². The van der Waals surface area contributed by atoms with Gasteiger partial charge in [-0.3, -0.25) is 4.79 Å². The van der Waals surface area contributed by atoms with Gasteiger partial charge in [-0.25, -0.2) is 4.79 Å². The van der Waals surface area contributed by atoms with Crippen LogP contribution >= 0.6 is 15.9 Å². The summed E-state index contributed by atoms with van der Waals surface area (Å²) in [5.41, 5.74) is 0.947. The van der Waals surface area contributed by atoms with Crippen LogP contribution in [-0.4, -0.2) is 18.5 Å². The smallest absolute Gasteiger partial charge is 0.374 e. The summed E-state index contributed by atoms with van der Waals surface area (Å²) < 4.78 is 10.6. The van der Waals surface area contributed by atoms with Crippen LogP contribution in [0.3, 0.4) is 0 Å². The van der Waals surface area contributed by atoms with Crippen molar-refractivity contribution in [1.29, 1.82) is 0 Å². The summed E-state index contributed by atoms with van der Waals surface area (Å²) in [6.07, 6.45) is 1.37. The van der Waals surface area contributed by atoms with Crippen LogP contribution in [0.25, 0.3) is 0 Å². The van der Waals surface area contributed by atoms with Crippen LogP contribution in [0.15, 0.2) is 51.6 Å². The highest BCUT2D eigenvalue weighted by Crippen LogP contribution is 2.22. The molecule has 0 aliphatic rings. The fraction of sp³-hybridized carbons (Fsp3) is 0.200. The molecule has 110 valence electrons. The number of carbonyl (C=O) groups excluding carboxylic acids is 2. The van der Waals surface area contributed by atoms with Gasteiger partial charge in [-0.1, -0.05) is 34.1 Å². The van der Waals surface area contributed by atoms with E-state index in [4.69, 9.17) is 9.15 Å². The van der Waals surface area contributed by atoms with Crippen LogP contribution in [0.1, 0.15) is 29.1 Å². The highest BCUT2D eigenvalue weighted by Gasteiger charge is 2.15. The maximum absolute atomic E-state index is 11.8. The Morgan fingerprint density at radius 2 is 2.05 bits per heavy atom. The van der Waals surface area contributed by atoms with Gasteiger partial charge >= 0.3 is 5.97 Å². The molecule has 1 atom stereocenters. The minimum absolute atomic E-state index is 0.0710. The fourth-order valence-electron chi connectivity index (χ4n) is 1.78. The Bertz CT molecular complexity index is 624. The number of esters is 1. The number of nitrogens with one attached hydrogen (secondary N) is 1. The molecule has 0 radical (unpaired) electrons. The van der Waals surface area contributed by atoms with Crippen molar-refractivity contribution in [3.05, 3.63) is 58.5 Å². The molecule has 2 aromatic rings. The Morgan fingerprint density at radius 3 is 2.71 bits per heavy atom. The summed E-state index contributed by atoms with van der Waals surface area (Å²) in [5, 5.41) is 2.76. The lowest BCUT2D eigenvalue weighted by atomic mass is 10.1. The molecule has 0 saturated heterocycles. The molecule has 0 unspecified atom stereocenters. The topological polar surface area (TPSA) is 68.5 Å². The average molecular weight is 352 g/mol. The molecule has 0 aliphatic carbocycles. The number of ether oxygens (including phenoxy) is 1. The maximum Gasteiger partial charge on any atom is 0.374 e. The number of halogens is 1. The van der Waals surface area contributed by atoms with Gasteiger partial charge in [0, 0.05) is 4.47 Å². The Morgan fingerprint density at radius 1 is 1.29 bits per heavy atom. The molecule has 0 bridgehead atoms. The second-order valence-electron chi connectivity index (χ2n) is 4.36. The minimum Gasteiger partial charge on any atom is -0.457 e. The van der Waals surface area contributed by atoms with Crippen molar-refractivity contribution in [2.24, 2.45) is 0 Å². The summed E-state index contributed by atoms with van der Waals surface area (Å²) in [4.78, 5) is 23.3. The van der Waals surface area contributed by atoms with E-state index in [0.29, 0.717) is 0 Å². The molecule has 0 aliphatic heterocycles. The lowest BCUT2D eigenvalue weighted by Crippen LogP contribution is -2.31. The molecule has 1 amide bonds. The molecular formula is C15H14BrNO4. The second kappa shape index (κ2) is 7.08. The number of carbonyl (C=O) groups is 2. The van der Waals surface area contributed by atoms with Gasteiger partial charge in [-0.15, -0.1) is 0 Å². The molecule has 1 aromatic heterocycles. The third kappa shape index (κ3) is 4.19. The van der Waals surface area contributed by atoms with Crippen LogP contribution in [0.5, 0.6) is 0 Å². The molecule has 2 rings (SSSR count). The van der Waals surface area contributed by atoms with Crippen molar-refractivity contribution in [3.8, 4) is 0 Å². The molecule has 0 spiro atoms. The zero-order valence-corrected chi connectivity index (χ0v) is 12.9. The Hall–Kier alpha value is -2.08. The van der Waals surface area contributed by atoms with E-state index in [1.807, 2.05) is 31.2 Å². The minimum atomic E-state index is -0.663. The number of rotatable bonds is 5. The molecular weight excluding hydrogens is 338 g/mol. The van der Waals surface area contributed by atoms with Crippen LogP contribution in [0, 0.1) is 0 Å². The summed E-state index contributed by atoms with van der Waals surface area (Å²) in [6.45, 7) is 1.50. The molecule has 1 aromatic carbocycles. The third-order valence-electron chi connectivity index (χ3n) is 2.81. The first-order valence-electron chi connectivity index (χ1n) is 6.32. The van der Waals surface area contributed by atoms with Gasteiger partial charge < -0.3 is 14.5 Å². The van der Waals surface area contributed by atoms with Crippen LogP contribution in [-0.2, 0) is 9.53 Å². The summed E-state index contributed by atoms with van der Waals surface area (Å²) in [5.74, 6) is -0.969. The number of furan rings is 1. The summed E-state index contributed by atoms with van der Waals surface area (Å²) in [7, 11) is 0. The maximum atomic E-state index is 11.8. The lowest BCUT2D eigenvalue weighted by molar-refractivity contribution is -0.124. The van der Waals surface area contributed by atoms with Crippen molar-refractivity contribution in [2.75, 3.05) is 6.61 Å². The highest BCUT2D eigenvalue weighted by molar-refractivity contribution is 9.10. The van der Waals surface area contributed by atoms with Crippen LogP contribution in [0.4, 0.5) is 0 Å². The highest BCUT2D eigenvalue weighted by atomic mass is 79.9. The van der Waals surface area contributed by atoms with E-state index < -0.39 is 5.97 Å². The molecule has 0 saturated carbocycles. The fourth-order valence-corrected chi connectivity index (χ4v) is 2.41. The zero-order valence-electron chi connectivity index (χ0n) is 11.3. The van der Waals surface area contributed by atoms with E-state index in [1.165, 1.54) is 12.3 Å². The first-order valence-corrected chi connectivity index (χ1v) is 7.11. The van der Waals surface area contributed by atoms with Crippen molar-refractivity contribution in [1.82, 2.24) is 5.32 Å². The van der Waals surface area contributed by atoms with Gasteiger partial charge in [0.25, 0.3) is 5.91 Å². The third-order valence-corrected chi connectivity index (χ3v) is 3.53. The molecule has 6 heteroatoms. The van der Waals surface area contributed by atoms with E-state index in [2.05, 4.69) is 21.2 Å². The van der Waals surface area contributed by atoms with Crippen LogP contribution in [0.2, 0.25) is 0 Å². The largest absolute Gasteiger partial charge is 0.457 e. The predicted octanol–water partition coefficient (Wildman–Crippen LogP) is 3.08. The zero-order chi connectivity index (χ0) is 15.2. The van der Waals surface area contributed by atoms with Crippen molar-refractivity contribution >= 4 is 27.8 Å². The second-order valence-corrected chi connectivity index (χ2v) is 5.22. The molecule has 1 heterocycles. The Labute approximate surface area is 130 Å². The molecule has 5 nitrogen and oxygen atoms in total. The van der Waals surface area contributed by atoms with Crippen molar-refractivity contribution in [2.45, 2.75) is 13.0 Å². The molecule has 1 N–H and O–H groups in total. The normalized spacial score (nSPS) is 11.7. The summed E-state index contributed by atoms with van der Waals surface area (Å²) >= 11 is 3.43. The van der Waals surface area contributed by atoms with Gasteiger partial charge in [0.1, 0.15) is 0 Å². The molecule has 21 heavy (non-hydrogen) atoms. The van der Waals surface area contributed by atoms with Gasteiger partial charge in [0.2, 0.25) is 5.76 Å². The number of benzene rings is 1. The number of amides is 1. The van der Waals surface area contributed by atoms with Gasteiger partial charge in [-0.05, 0) is 30.7 Å². The van der Waals surface area contributed by atoms with Gasteiger partial charge in [0.15, 0.2) is 6.61 Å². The van der Waals surface area contributed by atoms with Gasteiger partial charge in [-0.2, -0.15) is 0 Å². The first-order chi connectivity index (χ1) is 10.1. The average Bonchev–Trinajstić information content (AvgIpc) is 2.99. The van der Waals surface area contributed by atoms with E-state index >= 15 is 0 Å². The van der Waals surface area contributed by atoms with E-state index in [1.54, 1.807) is 6.07 Å². The predicted molar refractivity (Wildman–Crippen MR) is 79.7 cm³/mol. The van der Waals surface area contributed by atoms with E-state index in [9.17, 15) is 9.59 Å². The molecule has 0 fully saturated rings. The van der Waals surface area contributed by atoms with Crippen molar-refractivity contribution in [3.63, 3.8) is 0 Å². The Balaban J connectivity index is 1.85. The quantitative estimate of drug-likeness (QED) is 0.840. The van der Waals surface area contributed by atoms with E-state index in [0.717, 1.165) is 10.0 Å². The number of hydrogen-bond acceptors (Lipinski definition) is 4. The SMILES string of the molecule is C[C@H](NC(=O)COC(=O)c1ccco1)c1ccccc1Br. The standard InChI is InChI=1S/C15H14BrNO4/c1-10(11-5-2-3-6-12(11)16)17-14(18)9-21-15(19)13-7-4-8-20-13/h2-8,10H,9H2,1H3,(H,17,18)/t10-/m0/s1. The Kier molecular flexibility index (Phi) is 5.16.